The summed E-state index contributed by atoms with van der Waals surface area (Å²) in [7, 11) is 0. The molecule has 0 unspecified atom stereocenters. The molecule has 0 spiro atoms. The molecule has 0 aromatic heterocycles. The number of hydrogen-bond donors (Lipinski definition) is 2. The number of aliphatic hydroxyl groups is 1. The fraction of sp³-hybridized carbons (Fsp3) is 1.00. The van der Waals surface area contributed by atoms with Crippen LogP contribution in [0.3, 0.4) is 0 Å². The SMILES string of the molecule is OC1(CN2CCN(CC(F)(F)F)CC2)CCNCC1. The van der Waals surface area contributed by atoms with Crippen LogP contribution in [-0.4, -0.2) is 79.0 Å². The molecule has 19 heavy (non-hydrogen) atoms. The van der Waals surface area contributed by atoms with Gasteiger partial charge in [0.05, 0.1) is 12.1 Å². The van der Waals surface area contributed by atoms with Crippen LogP contribution in [0.5, 0.6) is 0 Å². The van der Waals surface area contributed by atoms with E-state index >= 15 is 0 Å². The van der Waals surface area contributed by atoms with Gasteiger partial charge in [-0.2, -0.15) is 13.2 Å². The van der Waals surface area contributed by atoms with Gasteiger partial charge in [0.25, 0.3) is 0 Å². The smallest absolute Gasteiger partial charge is 0.388 e. The van der Waals surface area contributed by atoms with E-state index in [4.69, 9.17) is 0 Å². The largest absolute Gasteiger partial charge is 0.401 e. The topological polar surface area (TPSA) is 38.7 Å². The molecule has 2 aliphatic rings. The van der Waals surface area contributed by atoms with E-state index < -0.39 is 18.3 Å². The Morgan fingerprint density at radius 2 is 1.53 bits per heavy atom. The Morgan fingerprint density at radius 3 is 2.05 bits per heavy atom. The lowest BCUT2D eigenvalue weighted by Crippen LogP contribution is -2.55. The van der Waals surface area contributed by atoms with E-state index in [-0.39, 0.29) is 0 Å². The highest BCUT2D eigenvalue weighted by Crippen LogP contribution is 2.21. The van der Waals surface area contributed by atoms with Crippen molar-refractivity contribution in [2.45, 2.75) is 24.6 Å². The normalized spacial score (nSPS) is 26.5. The highest BCUT2D eigenvalue weighted by molar-refractivity contribution is 4.88. The van der Waals surface area contributed by atoms with Crippen LogP contribution < -0.4 is 5.32 Å². The van der Waals surface area contributed by atoms with Gasteiger partial charge in [0.1, 0.15) is 0 Å². The summed E-state index contributed by atoms with van der Waals surface area (Å²) in [5, 5.41) is 13.6. The fourth-order valence-corrected chi connectivity index (χ4v) is 2.83. The molecular weight excluding hydrogens is 259 g/mol. The first-order chi connectivity index (χ1) is 8.86. The number of halogens is 3. The molecule has 0 amide bonds. The minimum Gasteiger partial charge on any atom is -0.388 e. The van der Waals surface area contributed by atoms with Gasteiger partial charge in [0, 0.05) is 32.7 Å². The van der Waals surface area contributed by atoms with Crippen molar-refractivity contribution in [1.82, 2.24) is 15.1 Å². The number of alkyl halides is 3. The summed E-state index contributed by atoms with van der Waals surface area (Å²) in [6.45, 7) is 3.43. The maximum Gasteiger partial charge on any atom is 0.401 e. The third-order valence-corrected chi connectivity index (χ3v) is 3.92. The third-order valence-electron chi connectivity index (χ3n) is 3.92. The second-order valence-electron chi connectivity index (χ2n) is 5.64. The van der Waals surface area contributed by atoms with Crippen LogP contribution in [0.15, 0.2) is 0 Å². The Morgan fingerprint density at radius 1 is 1.00 bits per heavy atom. The Hall–Kier alpha value is -0.370. The lowest BCUT2D eigenvalue weighted by Gasteiger charge is -2.41. The predicted octanol–water partition coefficient (Wildman–Crippen LogP) is 0.281. The van der Waals surface area contributed by atoms with Crippen LogP contribution >= 0.6 is 0 Å². The van der Waals surface area contributed by atoms with E-state index in [9.17, 15) is 18.3 Å². The van der Waals surface area contributed by atoms with Crippen molar-refractivity contribution in [1.29, 1.82) is 0 Å². The Balaban J connectivity index is 1.74. The van der Waals surface area contributed by atoms with Crippen molar-refractivity contribution in [2.24, 2.45) is 0 Å². The zero-order valence-corrected chi connectivity index (χ0v) is 11.0. The molecule has 0 aromatic rings. The quantitative estimate of drug-likeness (QED) is 0.779. The van der Waals surface area contributed by atoms with Gasteiger partial charge in [-0.25, -0.2) is 0 Å². The first-order valence-electron chi connectivity index (χ1n) is 6.81. The van der Waals surface area contributed by atoms with Gasteiger partial charge in [-0.1, -0.05) is 0 Å². The fourth-order valence-electron chi connectivity index (χ4n) is 2.83. The molecule has 2 saturated heterocycles. The highest BCUT2D eigenvalue weighted by Gasteiger charge is 2.35. The molecule has 2 heterocycles. The van der Waals surface area contributed by atoms with Gasteiger partial charge >= 0.3 is 6.18 Å². The third kappa shape index (κ3) is 4.91. The number of piperidine rings is 1. The summed E-state index contributed by atoms with van der Waals surface area (Å²) < 4.78 is 36.8. The molecule has 0 aromatic carbocycles. The Labute approximate surface area is 111 Å². The number of nitrogens with one attached hydrogen (secondary N) is 1. The van der Waals surface area contributed by atoms with E-state index in [1.165, 1.54) is 4.90 Å². The molecule has 4 nitrogen and oxygen atoms in total. The van der Waals surface area contributed by atoms with Gasteiger partial charge in [-0.15, -0.1) is 0 Å². The summed E-state index contributed by atoms with van der Waals surface area (Å²) >= 11 is 0. The van der Waals surface area contributed by atoms with Crippen molar-refractivity contribution in [3.8, 4) is 0 Å². The predicted molar refractivity (Wildman–Crippen MR) is 66.0 cm³/mol. The molecule has 0 aliphatic carbocycles. The van der Waals surface area contributed by atoms with Crippen LogP contribution in [-0.2, 0) is 0 Å². The van der Waals surface area contributed by atoms with E-state index in [1.807, 2.05) is 0 Å². The van der Waals surface area contributed by atoms with Crippen molar-refractivity contribution in [2.75, 3.05) is 52.4 Å². The van der Waals surface area contributed by atoms with Crippen molar-refractivity contribution in [3.63, 3.8) is 0 Å². The molecular formula is C12H22F3N3O. The van der Waals surface area contributed by atoms with Gasteiger partial charge in [-0.3, -0.25) is 9.80 Å². The number of nitrogens with zero attached hydrogens (tertiary/aromatic N) is 2. The standard InChI is InChI=1S/C12H22F3N3O/c13-12(14,15)10-18-7-5-17(6-8-18)9-11(19)1-3-16-4-2-11/h16,19H,1-10H2. The van der Waals surface area contributed by atoms with E-state index in [0.29, 0.717) is 32.7 Å². The number of hydrogen-bond acceptors (Lipinski definition) is 4. The maximum absolute atomic E-state index is 12.3. The van der Waals surface area contributed by atoms with Crippen molar-refractivity contribution >= 4 is 0 Å². The molecule has 112 valence electrons. The van der Waals surface area contributed by atoms with E-state index in [2.05, 4.69) is 10.2 Å². The molecule has 0 saturated carbocycles. The zero-order valence-electron chi connectivity index (χ0n) is 11.0. The van der Waals surface area contributed by atoms with Gasteiger partial charge < -0.3 is 10.4 Å². The lowest BCUT2D eigenvalue weighted by molar-refractivity contribution is -0.150. The maximum atomic E-state index is 12.3. The minimum absolute atomic E-state index is 0.424. The van der Waals surface area contributed by atoms with Gasteiger partial charge in [0.15, 0.2) is 0 Å². The minimum atomic E-state index is -4.12. The van der Waals surface area contributed by atoms with Gasteiger partial charge in [-0.05, 0) is 25.9 Å². The number of β-amino-alcohol motifs (C(OH)–C–C–N with tert-alkyl or cyclic N) is 1. The summed E-state index contributed by atoms with van der Waals surface area (Å²) in [6, 6.07) is 0. The molecule has 2 rings (SSSR count). The van der Waals surface area contributed by atoms with Crippen LogP contribution in [0.25, 0.3) is 0 Å². The van der Waals surface area contributed by atoms with Crippen molar-refractivity contribution < 1.29 is 18.3 Å². The first kappa shape index (κ1) is 15.0. The summed E-state index contributed by atoms with van der Waals surface area (Å²) in [4.78, 5) is 3.52. The summed E-state index contributed by atoms with van der Waals surface area (Å²) in [6.07, 6.45) is -2.68. The summed E-state index contributed by atoms with van der Waals surface area (Å²) in [5.41, 5.74) is -0.669. The first-order valence-corrected chi connectivity index (χ1v) is 6.81. The Bertz CT molecular complexity index is 284. The van der Waals surface area contributed by atoms with Crippen molar-refractivity contribution in [3.05, 3.63) is 0 Å². The monoisotopic (exact) mass is 281 g/mol. The van der Waals surface area contributed by atoms with Crippen LogP contribution in [0.4, 0.5) is 13.2 Å². The molecule has 0 bridgehead atoms. The molecule has 2 N–H and O–H groups in total. The van der Waals surface area contributed by atoms with E-state index in [1.54, 1.807) is 0 Å². The number of piperazine rings is 1. The lowest BCUT2D eigenvalue weighted by atomic mass is 9.91. The second-order valence-corrected chi connectivity index (χ2v) is 5.64. The van der Waals surface area contributed by atoms with Gasteiger partial charge in [0.2, 0.25) is 0 Å². The van der Waals surface area contributed by atoms with Crippen LogP contribution in [0, 0.1) is 0 Å². The molecule has 0 radical (unpaired) electrons. The average molecular weight is 281 g/mol. The average Bonchev–Trinajstić information content (AvgIpc) is 2.30. The van der Waals surface area contributed by atoms with Crippen LogP contribution in [0.1, 0.15) is 12.8 Å². The Kier molecular flexibility index (Phi) is 4.70. The molecule has 0 atom stereocenters. The molecule has 2 fully saturated rings. The van der Waals surface area contributed by atoms with Crippen LogP contribution in [0.2, 0.25) is 0 Å². The summed E-state index contributed by atoms with van der Waals surface area (Å²) in [5.74, 6) is 0. The molecule has 2 aliphatic heterocycles. The second kappa shape index (κ2) is 5.95. The number of rotatable bonds is 3. The highest BCUT2D eigenvalue weighted by atomic mass is 19.4. The molecule has 7 heteroatoms. The zero-order chi connectivity index (χ0) is 13.9. The van der Waals surface area contributed by atoms with E-state index in [0.717, 1.165) is 25.9 Å².